The number of ether oxygens (including phenoxy) is 1. The Morgan fingerprint density at radius 1 is 1.39 bits per heavy atom. The van der Waals surface area contributed by atoms with Crippen molar-refractivity contribution in [1.82, 2.24) is 4.90 Å². The van der Waals surface area contributed by atoms with Crippen LogP contribution in [-0.4, -0.2) is 44.0 Å². The van der Waals surface area contributed by atoms with Gasteiger partial charge >= 0.3 is 12.1 Å². The molecule has 2 unspecified atom stereocenters. The van der Waals surface area contributed by atoms with Crippen LogP contribution in [0.1, 0.15) is 34.6 Å². The first kappa shape index (κ1) is 15.1. The second-order valence-electron chi connectivity index (χ2n) is 5.66. The lowest BCUT2D eigenvalue weighted by atomic mass is 10.2. The van der Waals surface area contributed by atoms with E-state index in [0.717, 1.165) is 0 Å². The number of rotatable bonds is 1. The first-order valence-electron chi connectivity index (χ1n) is 5.64. The minimum absolute atomic E-state index is 0.652. The maximum atomic E-state index is 12.1. The van der Waals surface area contributed by atoms with Gasteiger partial charge in [-0.3, -0.25) is 4.90 Å². The second-order valence-corrected chi connectivity index (χ2v) is 7.44. The number of nitrogens with two attached hydrogens (primary N) is 1. The van der Waals surface area contributed by atoms with Crippen molar-refractivity contribution in [2.45, 2.75) is 56.5 Å². The number of carbonyl (C=O) groups is 2. The molecule has 0 aromatic carbocycles. The number of nitrogens with zero attached hydrogens (tertiary/aromatic N) is 1. The van der Waals surface area contributed by atoms with Gasteiger partial charge in [-0.25, -0.2) is 9.59 Å². The number of thioether (sulfide) groups is 1. The van der Waals surface area contributed by atoms with Gasteiger partial charge in [0.25, 0.3) is 0 Å². The Hall–Kier alpha value is -0.950. The molecule has 1 rings (SSSR count). The number of carbonyl (C=O) groups excluding carboxylic acids is 1. The van der Waals surface area contributed by atoms with E-state index in [0.29, 0.717) is 0 Å². The molecule has 0 bridgehead atoms. The predicted octanol–water partition coefficient (Wildman–Crippen LogP) is 1.44. The van der Waals surface area contributed by atoms with E-state index < -0.39 is 34.0 Å². The van der Waals surface area contributed by atoms with Gasteiger partial charge in [-0.05, 0) is 34.6 Å². The Kier molecular flexibility index (Phi) is 3.88. The molecular weight excluding hydrogens is 256 g/mol. The van der Waals surface area contributed by atoms with Gasteiger partial charge in [0.2, 0.25) is 0 Å². The zero-order valence-corrected chi connectivity index (χ0v) is 12.1. The number of hydrogen-bond donors (Lipinski definition) is 2. The topological polar surface area (TPSA) is 92.9 Å². The van der Waals surface area contributed by atoms with E-state index in [1.54, 1.807) is 34.6 Å². The number of amides is 1. The van der Waals surface area contributed by atoms with Gasteiger partial charge in [-0.2, -0.15) is 0 Å². The monoisotopic (exact) mass is 276 g/mol. The van der Waals surface area contributed by atoms with Gasteiger partial charge in [0.1, 0.15) is 5.60 Å². The van der Waals surface area contributed by atoms with E-state index >= 15 is 0 Å². The molecule has 1 aliphatic rings. The fourth-order valence-corrected chi connectivity index (χ4v) is 3.17. The summed E-state index contributed by atoms with van der Waals surface area (Å²) in [6, 6.07) is -1.07. The predicted molar refractivity (Wildman–Crippen MR) is 69.1 cm³/mol. The Morgan fingerprint density at radius 2 is 1.89 bits per heavy atom. The smallest absolute Gasteiger partial charge is 0.412 e. The van der Waals surface area contributed by atoms with Crippen LogP contribution < -0.4 is 5.73 Å². The fraction of sp³-hybridized carbons (Fsp3) is 0.818. The molecule has 6 nitrogen and oxygen atoms in total. The normalized spacial score (nSPS) is 27.1. The van der Waals surface area contributed by atoms with Crippen LogP contribution in [0.5, 0.6) is 0 Å². The van der Waals surface area contributed by atoms with Gasteiger partial charge in [-0.15, -0.1) is 11.8 Å². The molecule has 104 valence electrons. The first-order valence-corrected chi connectivity index (χ1v) is 6.52. The third-order valence-corrected chi connectivity index (χ3v) is 3.74. The van der Waals surface area contributed by atoms with Crippen LogP contribution in [0.4, 0.5) is 4.79 Å². The van der Waals surface area contributed by atoms with E-state index in [1.807, 2.05) is 0 Å². The van der Waals surface area contributed by atoms with Crippen molar-refractivity contribution in [3.8, 4) is 0 Å². The molecule has 1 heterocycles. The summed E-state index contributed by atoms with van der Waals surface area (Å²) in [6.07, 6.45) is -0.652. The molecule has 0 aromatic rings. The number of aliphatic carboxylic acids is 1. The Morgan fingerprint density at radius 3 is 2.28 bits per heavy atom. The molecule has 0 spiro atoms. The van der Waals surface area contributed by atoms with E-state index in [-0.39, 0.29) is 0 Å². The molecule has 1 aliphatic heterocycles. The largest absolute Gasteiger partial charge is 0.480 e. The molecule has 0 radical (unpaired) electrons. The van der Waals surface area contributed by atoms with Crippen molar-refractivity contribution in [2.75, 3.05) is 0 Å². The molecule has 3 N–H and O–H groups in total. The van der Waals surface area contributed by atoms with Crippen molar-refractivity contribution in [1.29, 1.82) is 0 Å². The number of carboxylic acids is 1. The minimum atomic E-state index is -1.12. The Bertz CT molecular complexity index is 365. The summed E-state index contributed by atoms with van der Waals surface area (Å²) in [5, 5.41) is 8.53. The third kappa shape index (κ3) is 3.08. The fourth-order valence-electron chi connectivity index (χ4n) is 1.83. The van der Waals surface area contributed by atoms with E-state index in [9.17, 15) is 14.7 Å². The molecule has 1 saturated heterocycles. The van der Waals surface area contributed by atoms with Gasteiger partial charge in [-0.1, -0.05) is 0 Å². The Labute approximate surface area is 111 Å². The summed E-state index contributed by atoms with van der Waals surface area (Å²) in [5.74, 6) is -1.12. The van der Waals surface area contributed by atoms with Crippen molar-refractivity contribution in [2.24, 2.45) is 5.73 Å². The molecular formula is C11H20N2O4S. The zero-order chi connectivity index (χ0) is 14.3. The maximum Gasteiger partial charge on any atom is 0.412 e. The van der Waals surface area contributed by atoms with Crippen LogP contribution in [0.2, 0.25) is 0 Å². The van der Waals surface area contributed by atoms with Crippen LogP contribution >= 0.6 is 11.8 Å². The average Bonchev–Trinajstić information content (AvgIpc) is 2.31. The van der Waals surface area contributed by atoms with Crippen molar-refractivity contribution in [3.63, 3.8) is 0 Å². The van der Waals surface area contributed by atoms with Gasteiger partial charge in [0.15, 0.2) is 6.04 Å². The molecule has 7 heteroatoms. The summed E-state index contributed by atoms with van der Waals surface area (Å²) >= 11 is 1.24. The van der Waals surface area contributed by atoms with Crippen LogP contribution in [0, 0.1) is 0 Å². The highest BCUT2D eigenvalue weighted by Gasteiger charge is 2.52. The average molecular weight is 276 g/mol. The van der Waals surface area contributed by atoms with Gasteiger partial charge < -0.3 is 15.6 Å². The van der Waals surface area contributed by atoms with Crippen molar-refractivity contribution >= 4 is 23.8 Å². The summed E-state index contributed by atoms with van der Waals surface area (Å²) in [5.41, 5.74) is 5.11. The molecule has 0 saturated carbocycles. The Balaban J connectivity index is 3.01. The van der Waals surface area contributed by atoms with E-state index in [4.69, 9.17) is 10.5 Å². The second kappa shape index (κ2) is 4.62. The molecule has 1 amide bonds. The van der Waals surface area contributed by atoms with E-state index in [2.05, 4.69) is 0 Å². The highest BCUT2D eigenvalue weighted by Crippen LogP contribution is 2.42. The summed E-state index contributed by atoms with van der Waals surface area (Å²) in [7, 11) is 0. The van der Waals surface area contributed by atoms with Gasteiger partial charge in [0.05, 0.1) is 10.2 Å². The lowest BCUT2D eigenvalue weighted by Crippen LogP contribution is -2.53. The maximum absolute atomic E-state index is 12.1. The number of carboxylic acid groups (broad SMARTS) is 1. The first-order chi connectivity index (χ1) is 7.96. The molecule has 18 heavy (non-hydrogen) atoms. The quantitative estimate of drug-likeness (QED) is 0.753. The third-order valence-electron chi connectivity index (χ3n) is 2.44. The van der Waals surface area contributed by atoms with Crippen LogP contribution in [0.3, 0.4) is 0 Å². The van der Waals surface area contributed by atoms with Crippen LogP contribution in [-0.2, 0) is 9.53 Å². The molecule has 2 atom stereocenters. The SMILES string of the molecule is CC(C)(C)OC(=O)N1C(C(=O)O)C(N)SC1(C)C. The lowest BCUT2D eigenvalue weighted by Gasteiger charge is -2.34. The lowest BCUT2D eigenvalue weighted by molar-refractivity contribution is -0.143. The molecule has 1 fully saturated rings. The minimum Gasteiger partial charge on any atom is -0.480 e. The van der Waals surface area contributed by atoms with Crippen molar-refractivity contribution in [3.05, 3.63) is 0 Å². The summed E-state index contributed by atoms with van der Waals surface area (Å²) < 4.78 is 5.24. The summed E-state index contributed by atoms with van der Waals surface area (Å²) in [6.45, 7) is 8.71. The summed E-state index contributed by atoms with van der Waals surface area (Å²) in [4.78, 5) is 23.8. The molecule has 0 aromatic heterocycles. The van der Waals surface area contributed by atoms with Crippen LogP contribution in [0.25, 0.3) is 0 Å². The van der Waals surface area contributed by atoms with E-state index in [1.165, 1.54) is 16.7 Å². The zero-order valence-electron chi connectivity index (χ0n) is 11.3. The van der Waals surface area contributed by atoms with Crippen molar-refractivity contribution < 1.29 is 19.4 Å². The highest BCUT2D eigenvalue weighted by molar-refractivity contribution is 8.01. The van der Waals surface area contributed by atoms with Gasteiger partial charge in [0, 0.05) is 0 Å². The van der Waals surface area contributed by atoms with Crippen LogP contribution in [0.15, 0.2) is 0 Å². The number of hydrogen-bond acceptors (Lipinski definition) is 5. The standard InChI is InChI=1S/C11H20N2O4S/c1-10(2,3)17-9(16)13-6(8(14)15)7(12)18-11(13,4)5/h6-7H,12H2,1-5H3,(H,14,15). The molecule has 0 aliphatic carbocycles. The highest BCUT2D eigenvalue weighted by atomic mass is 32.2.